The summed E-state index contributed by atoms with van der Waals surface area (Å²) in [4.78, 5) is 2.30. The first-order chi connectivity index (χ1) is 6.45. The molecule has 0 N–H and O–H groups in total. The van der Waals surface area contributed by atoms with Crippen molar-refractivity contribution in [1.29, 1.82) is 0 Å². The summed E-state index contributed by atoms with van der Waals surface area (Å²) in [5, 5.41) is 0. The topological polar surface area (TPSA) is 3.24 Å². The van der Waals surface area contributed by atoms with Crippen LogP contribution < -0.4 is 0 Å². The molecule has 0 heterocycles. The van der Waals surface area contributed by atoms with Gasteiger partial charge >= 0.3 is 99.0 Å². The summed E-state index contributed by atoms with van der Waals surface area (Å²) in [6.45, 7) is 11.1. The molecule has 0 spiro atoms. The van der Waals surface area contributed by atoms with E-state index in [0.29, 0.717) is 0 Å². The van der Waals surface area contributed by atoms with E-state index in [1.54, 1.807) is 4.18 Å². The van der Waals surface area contributed by atoms with Crippen LogP contribution in [0, 0.1) is 0 Å². The first-order valence-corrected chi connectivity index (χ1v) is 12.2. The van der Waals surface area contributed by atoms with E-state index in [-0.39, 0.29) is 0 Å². The van der Waals surface area contributed by atoms with Gasteiger partial charge in [0.15, 0.2) is 0 Å². The van der Waals surface area contributed by atoms with Crippen LogP contribution in [0.3, 0.4) is 0 Å². The Bertz CT molecular complexity index is 124. The molecule has 0 amide bonds. The van der Waals surface area contributed by atoms with Gasteiger partial charge in [-0.25, -0.2) is 0 Å². The minimum absolute atomic E-state index is 1.05. The number of nitrogens with zero attached hydrogens (tertiary/aromatic N) is 1. The average Bonchev–Trinajstić information content (AvgIpc) is 2.01. The van der Waals surface area contributed by atoms with Crippen molar-refractivity contribution in [3.05, 3.63) is 0 Å². The van der Waals surface area contributed by atoms with Crippen LogP contribution in [-0.2, 0) is 0 Å². The Hall–Kier alpha value is 0.830. The van der Waals surface area contributed by atoms with Gasteiger partial charge in [-0.15, -0.1) is 0 Å². The van der Waals surface area contributed by atoms with Crippen LogP contribution in [0.2, 0.25) is 11.5 Å². The second kappa shape index (κ2) is 8.04. The molecule has 0 aliphatic carbocycles. The Morgan fingerprint density at radius 1 is 0.929 bits per heavy atom. The van der Waals surface area contributed by atoms with Crippen molar-refractivity contribution >= 4 is 21.4 Å². The Balaban J connectivity index is 3.62. The first-order valence-electron chi connectivity index (χ1n) is 6.09. The Morgan fingerprint density at radius 2 is 1.43 bits per heavy atom. The molecule has 0 aromatic heterocycles. The molecule has 0 bridgehead atoms. The van der Waals surface area contributed by atoms with E-state index in [1.807, 2.05) is 0 Å². The van der Waals surface area contributed by atoms with E-state index >= 15 is 0 Å². The zero-order valence-corrected chi connectivity index (χ0v) is 14.3. The molecule has 0 aromatic carbocycles. The molecule has 0 fully saturated rings. The van der Waals surface area contributed by atoms with E-state index in [0.717, 1.165) is 7.35 Å². The van der Waals surface area contributed by atoms with Gasteiger partial charge in [-0.3, -0.25) is 0 Å². The number of unbranched alkanes of at least 4 members (excludes halogenated alkanes) is 1. The van der Waals surface area contributed by atoms with Gasteiger partial charge in [0.05, 0.1) is 0 Å². The standard InChI is InChI=1S/C6H14N.2C3H7.In/c1-4-5-6-7(2)3;2*1-3-2;/h1,4-6H2,2-3H3;2*3H,1-2H3;. The molecule has 14 heavy (non-hydrogen) atoms. The number of rotatable bonds is 7. The molecule has 0 rings (SSSR count). The quantitative estimate of drug-likeness (QED) is 0.649. The third kappa shape index (κ3) is 7.17. The van der Waals surface area contributed by atoms with Gasteiger partial charge in [-0.05, 0) is 0 Å². The van der Waals surface area contributed by atoms with Crippen LogP contribution in [0.5, 0.6) is 0 Å². The predicted molar refractivity (Wildman–Crippen MR) is 68.5 cm³/mol. The second-order valence-electron chi connectivity index (χ2n) is 5.45. The fourth-order valence-electron chi connectivity index (χ4n) is 2.24. The third-order valence-electron chi connectivity index (χ3n) is 3.11. The van der Waals surface area contributed by atoms with Gasteiger partial charge < -0.3 is 0 Å². The van der Waals surface area contributed by atoms with Gasteiger partial charge in [0.2, 0.25) is 0 Å². The third-order valence-corrected chi connectivity index (χ3v) is 15.9. The van der Waals surface area contributed by atoms with Crippen molar-refractivity contribution in [1.82, 2.24) is 4.90 Å². The molecule has 0 saturated carbocycles. The molecule has 0 radical (unpaired) electrons. The van der Waals surface area contributed by atoms with Gasteiger partial charge in [0, 0.05) is 0 Å². The van der Waals surface area contributed by atoms with Crippen molar-refractivity contribution in [3.63, 3.8) is 0 Å². The molecule has 1 nitrogen and oxygen atoms in total. The maximum absolute atomic E-state index is 2.45. The van der Waals surface area contributed by atoms with Gasteiger partial charge in [0.25, 0.3) is 0 Å². The van der Waals surface area contributed by atoms with Crippen molar-refractivity contribution in [2.75, 3.05) is 20.6 Å². The molecule has 84 valence electrons. The molecule has 0 atom stereocenters. The second-order valence-corrected chi connectivity index (χ2v) is 18.5. The van der Waals surface area contributed by atoms with Crippen molar-refractivity contribution < 1.29 is 0 Å². The summed E-state index contributed by atoms with van der Waals surface area (Å²) in [5.41, 5.74) is 0. The van der Waals surface area contributed by atoms with Gasteiger partial charge in [-0.2, -0.15) is 0 Å². The van der Waals surface area contributed by atoms with Crippen LogP contribution >= 0.6 is 0 Å². The summed E-state index contributed by atoms with van der Waals surface area (Å²) in [7, 11) is 4.34. The molecule has 0 aliphatic rings. The first kappa shape index (κ1) is 14.8. The van der Waals surface area contributed by atoms with Crippen LogP contribution in [-0.4, -0.2) is 47.0 Å². The molecule has 0 aliphatic heterocycles. The zero-order chi connectivity index (χ0) is 11.1. The van der Waals surface area contributed by atoms with Crippen molar-refractivity contribution in [3.8, 4) is 0 Å². The Kier molecular flexibility index (Phi) is 8.51. The molecule has 2 heteroatoms. The number of hydrogen-bond donors (Lipinski definition) is 0. The average molecular weight is 301 g/mol. The summed E-state index contributed by atoms with van der Waals surface area (Å²) in [5.74, 6) is 0. The summed E-state index contributed by atoms with van der Waals surface area (Å²) >= 11 is -1.17. The van der Waals surface area contributed by atoms with E-state index in [1.165, 1.54) is 19.4 Å². The monoisotopic (exact) mass is 301 g/mol. The zero-order valence-electron chi connectivity index (χ0n) is 11.0. The van der Waals surface area contributed by atoms with Gasteiger partial charge in [0.1, 0.15) is 0 Å². The molecular weight excluding hydrogens is 273 g/mol. The molecular formula is C12H28InN. The SMILES string of the molecule is C[CH](C)[In]([CH2]CCCN(C)C)[CH](C)C. The minimum atomic E-state index is -1.17. The molecule has 0 saturated heterocycles. The Labute approximate surface area is 98.8 Å². The Morgan fingerprint density at radius 3 is 1.79 bits per heavy atom. The predicted octanol–water partition coefficient (Wildman–Crippen LogP) is 3.64. The summed E-state index contributed by atoms with van der Waals surface area (Å²) in [6, 6.07) is 0. The van der Waals surface area contributed by atoms with E-state index in [9.17, 15) is 0 Å². The van der Waals surface area contributed by atoms with Gasteiger partial charge in [-0.1, -0.05) is 0 Å². The summed E-state index contributed by atoms with van der Waals surface area (Å²) in [6.07, 6.45) is 2.88. The normalized spacial score (nSPS) is 11.8. The molecule has 0 aromatic rings. The number of hydrogen-bond acceptors (Lipinski definition) is 1. The fraction of sp³-hybridized carbons (Fsp3) is 1.00. The van der Waals surface area contributed by atoms with E-state index < -0.39 is 21.4 Å². The molecule has 0 unspecified atom stereocenters. The van der Waals surface area contributed by atoms with Crippen molar-refractivity contribution in [2.24, 2.45) is 0 Å². The maximum atomic E-state index is 2.45. The van der Waals surface area contributed by atoms with Crippen LogP contribution in [0.25, 0.3) is 0 Å². The van der Waals surface area contributed by atoms with Crippen LogP contribution in [0.4, 0.5) is 0 Å². The van der Waals surface area contributed by atoms with Crippen LogP contribution in [0.1, 0.15) is 40.5 Å². The van der Waals surface area contributed by atoms with E-state index in [4.69, 9.17) is 0 Å². The van der Waals surface area contributed by atoms with Crippen LogP contribution in [0.15, 0.2) is 0 Å². The fourth-order valence-corrected chi connectivity index (χ4v) is 12.6. The van der Waals surface area contributed by atoms with Crippen molar-refractivity contribution in [2.45, 2.75) is 52.1 Å². The summed E-state index contributed by atoms with van der Waals surface area (Å²) < 4.78 is 3.72. The van der Waals surface area contributed by atoms with E-state index in [2.05, 4.69) is 46.7 Å².